The van der Waals surface area contributed by atoms with Crippen LogP contribution in [0.5, 0.6) is 0 Å². The summed E-state index contributed by atoms with van der Waals surface area (Å²) in [6, 6.07) is 5.90. The summed E-state index contributed by atoms with van der Waals surface area (Å²) >= 11 is 15.1. The van der Waals surface area contributed by atoms with E-state index in [1.165, 1.54) is 24.4 Å². The molecular weight excluding hydrogens is 401 g/mol. The van der Waals surface area contributed by atoms with Crippen LogP contribution in [0.1, 0.15) is 5.56 Å². The standard InChI is InChI=1S/C12H10BrCl2N3O2S/c13-8-1-2-12(17-6-8)18-21(19,20)11-3-7(5-16)9(14)4-10(11)15/h1-4,6H,5,16H2,(H,17,18). The summed E-state index contributed by atoms with van der Waals surface area (Å²) in [5, 5.41) is 0.338. The number of hydrogen-bond donors (Lipinski definition) is 2. The number of nitrogens with two attached hydrogens (primary N) is 1. The maximum absolute atomic E-state index is 12.4. The summed E-state index contributed by atoms with van der Waals surface area (Å²) in [5.41, 5.74) is 6.01. The molecule has 0 saturated heterocycles. The molecule has 0 fully saturated rings. The summed E-state index contributed by atoms with van der Waals surface area (Å²) in [6.45, 7) is 0.106. The zero-order valence-corrected chi connectivity index (χ0v) is 14.4. The summed E-state index contributed by atoms with van der Waals surface area (Å²) in [5.74, 6) is 0.179. The summed E-state index contributed by atoms with van der Waals surface area (Å²) < 4.78 is 27.8. The molecule has 3 N–H and O–H groups in total. The van der Waals surface area contributed by atoms with E-state index in [0.29, 0.717) is 10.6 Å². The van der Waals surface area contributed by atoms with Crippen LogP contribution in [0.15, 0.2) is 39.8 Å². The minimum Gasteiger partial charge on any atom is -0.326 e. The van der Waals surface area contributed by atoms with E-state index in [1.54, 1.807) is 6.07 Å². The molecule has 2 rings (SSSR count). The molecule has 0 radical (unpaired) electrons. The van der Waals surface area contributed by atoms with Crippen LogP contribution in [0.3, 0.4) is 0 Å². The van der Waals surface area contributed by atoms with Gasteiger partial charge in [0.15, 0.2) is 0 Å². The van der Waals surface area contributed by atoms with Crippen molar-refractivity contribution in [2.75, 3.05) is 4.72 Å². The first-order valence-corrected chi connectivity index (χ1v) is 8.69. The molecule has 21 heavy (non-hydrogen) atoms. The quantitative estimate of drug-likeness (QED) is 0.808. The van der Waals surface area contributed by atoms with Gasteiger partial charge in [0.25, 0.3) is 10.0 Å². The minimum atomic E-state index is -3.88. The number of pyridine rings is 1. The maximum Gasteiger partial charge on any atom is 0.264 e. The van der Waals surface area contributed by atoms with Crippen molar-refractivity contribution in [1.82, 2.24) is 4.98 Å². The Hall–Kier alpha value is -0.860. The molecule has 0 aliphatic carbocycles. The number of benzene rings is 1. The highest BCUT2D eigenvalue weighted by Crippen LogP contribution is 2.29. The third-order valence-electron chi connectivity index (χ3n) is 2.58. The molecular formula is C12H10BrCl2N3O2S. The van der Waals surface area contributed by atoms with Gasteiger partial charge in [0.2, 0.25) is 0 Å². The lowest BCUT2D eigenvalue weighted by atomic mass is 10.2. The second-order valence-electron chi connectivity index (χ2n) is 4.05. The average molecular weight is 411 g/mol. The largest absolute Gasteiger partial charge is 0.326 e. The number of nitrogens with zero attached hydrogens (tertiary/aromatic N) is 1. The SMILES string of the molecule is NCc1cc(S(=O)(=O)Nc2ccc(Br)cn2)c(Cl)cc1Cl. The molecule has 5 nitrogen and oxygen atoms in total. The lowest BCUT2D eigenvalue weighted by Crippen LogP contribution is -2.15. The number of aromatic nitrogens is 1. The van der Waals surface area contributed by atoms with Crippen LogP contribution in [0.25, 0.3) is 0 Å². The van der Waals surface area contributed by atoms with E-state index in [-0.39, 0.29) is 22.3 Å². The first-order chi connectivity index (χ1) is 9.83. The van der Waals surface area contributed by atoms with Crippen molar-refractivity contribution in [1.29, 1.82) is 0 Å². The number of hydrogen-bond acceptors (Lipinski definition) is 4. The molecule has 1 aromatic heterocycles. The highest BCUT2D eigenvalue weighted by atomic mass is 79.9. The van der Waals surface area contributed by atoms with Crippen LogP contribution in [-0.4, -0.2) is 13.4 Å². The van der Waals surface area contributed by atoms with E-state index >= 15 is 0 Å². The van der Waals surface area contributed by atoms with Gasteiger partial charge >= 0.3 is 0 Å². The predicted molar refractivity (Wildman–Crippen MR) is 87.1 cm³/mol. The predicted octanol–water partition coefficient (Wildman–Crippen LogP) is 3.41. The van der Waals surface area contributed by atoms with Gasteiger partial charge in [0.1, 0.15) is 10.7 Å². The van der Waals surface area contributed by atoms with Crippen molar-refractivity contribution in [2.45, 2.75) is 11.4 Å². The molecule has 0 bridgehead atoms. The maximum atomic E-state index is 12.4. The number of anilines is 1. The summed E-state index contributed by atoms with van der Waals surface area (Å²) in [7, 11) is -3.88. The molecule has 0 spiro atoms. The zero-order valence-electron chi connectivity index (χ0n) is 10.5. The highest BCUT2D eigenvalue weighted by Gasteiger charge is 2.20. The lowest BCUT2D eigenvalue weighted by molar-refractivity contribution is 0.601. The molecule has 1 aromatic carbocycles. The van der Waals surface area contributed by atoms with E-state index < -0.39 is 10.0 Å². The van der Waals surface area contributed by atoms with Crippen molar-refractivity contribution in [3.63, 3.8) is 0 Å². The van der Waals surface area contributed by atoms with Crippen LogP contribution in [-0.2, 0) is 16.6 Å². The average Bonchev–Trinajstić information content (AvgIpc) is 2.41. The number of nitrogens with one attached hydrogen (secondary N) is 1. The number of halogens is 3. The van der Waals surface area contributed by atoms with Gasteiger partial charge in [-0.25, -0.2) is 13.4 Å². The Morgan fingerprint density at radius 3 is 2.52 bits per heavy atom. The first-order valence-electron chi connectivity index (χ1n) is 5.66. The van der Waals surface area contributed by atoms with Gasteiger partial charge in [0, 0.05) is 22.2 Å². The molecule has 0 atom stereocenters. The van der Waals surface area contributed by atoms with Gasteiger partial charge in [-0.3, -0.25) is 4.72 Å². The summed E-state index contributed by atoms with van der Waals surface area (Å²) in [6.07, 6.45) is 1.48. The molecule has 0 aliphatic rings. The second-order valence-corrected chi connectivity index (χ2v) is 7.43. The Morgan fingerprint density at radius 2 is 1.95 bits per heavy atom. The fourth-order valence-corrected chi connectivity index (χ4v) is 3.68. The Bertz CT molecular complexity index is 767. The van der Waals surface area contributed by atoms with Crippen molar-refractivity contribution < 1.29 is 8.42 Å². The molecule has 0 amide bonds. The van der Waals surface area contributed by atoms with E-state index in [2.05, 4.69) is 25.6 Å². The molecule has 0 saturated carbocycles. The van der Waals surface area contributed by atoms with E-state index in [1.807, 2.05) is 0 Å². The Morgan fingerprint density at radius 1 is 1.24 bits per heavy atom. The smallest absolute Gasteiger partial charge is 0.264 e. The zero-order chi connectivity index (χ0) is 15.6. The molecule has 2 aromatic rings. The minimum absolute atomic E-state index is 0.0156. The molecule has 112 valence electrons. The van der Waals surface area contributed by atoms with Gasteiger partial charge in [-0.2, -0.15) is 0 Å². The van der Waals surface area contributed by atoms with Gasteiger partial charge < -0.3 is 5.73 Å². The Kier molecular flexibility index (Phi) is 5.11. The Labute approximate surface area is 140 Å². The molecule has 9 heteroatoms. The van der Waals surface area contributed by atoms with Crippen LogP contribution < -0.4 is 10.5 Å². The van der Waals surface area contributed by atoms with Crippen LogP contribution >= 0.6 is 39.1 Å². The van der Waals surface area contributed by atoms with Gasteiger partial charge in [-0.05, 0) is 45.8 Å². The fourth-order valence-electron chi connectivity index (χ4n) is 1.56. The number of rotatable bonds is 4. The van der Waals surface area contributed by atoms with E-state index in [9.17, 15) is 8.42 Å². The molecule has 1 heterocycles. The van der Waals surface area contributed by atoms with Crippen LogP contribution in [0.4, 0.5) is 5.82 Å². The van der Waals surface area contributed by atoms with Crippen molar-refractivity contribution in [3.05, 3.63) is 50.5 Å². The third kappa shape index (κ3) is 3.87. The van der Waals surface area contributed by atoms with Crippen molar-refractivity contribution >= 4 is 55.0 Å². The number of sulfonamides is 1. The van der Waals surface area contributed by atoms with Crippen LogP contribution in [0.2, 0.25) is 10.0 Å². The topological polar surface area (TPSA) is 85.1 Å². The van der Waals surface area contributed by atoms with Gasteiger partial charge in [-0.15, -0.1) is 0 Å². The highest BCUT2D eigenvalue weighted by molar-refractivity contribution is 9.10. The normalized spacial score (nSPS) is 11.4. The van der Waals surface area contributed by atoms with Crippen LogP contribution in [0, 0.1) is 0 Å². The van der Waals surface area contributed by atoms with Gasteiger partial charge in [-0.1, -0.05) is 23.2 Å². The fraction of sp³-hybridized carbons (Fsp3) is 0.0833. The second kappa shape index (κ2) is 6.50. The molecule has 0 unspecified atom stereocenters. The van der Waals surface area contributed by atoms with E-state index in [4.69, 9.17) is 28.9 Å². The first kappa shape index (κ1) is 16.5. The third-order valence-corrected chi connectivity index (χ3v) is 5.22. The van der Waals surface area contributed by atoms with E-state index in [0.717, 1.165) is 4.47 Å². The molecule has 0 aliphatic heterocycles. The Balaban J connectivity index is 2.42. The lowest BCUT2D eigenvalue weighted by Gasteiger charge is -2.11. The van der Waals surface area contributed by atoms with Crippen molar-refractivity contribution in [3.8, 4) is 0 Å². The summed E-state index contributed by atoms with van der Waals surface area (Å²) in [4.78, 5) is 3.85. The van der Waals surface area contributed by atoms with Gasteiger partial charge in [0.05, 0.1) is 5.02 Å². The van der Waals surface area contributed by atoms with Crippen molar-refractivity contribution in [2.24, 2.45) is 5.73 Å². The monoisotopic (exact) mass is 409 g/mol.